The molecule has 1 heterocycles. The maximum Gasteiger partial charge on any atom is 0.254 e. The van der Waals surface area contributed by atoms with Crippen molar-refractivity contribution in [2.75, 3.05) is 32.8 Å². The number of amides is 1. The van der Waals surface area contributed by atoms with Crippen LogP contribution in [0.25, 0.3) is 0 Å². The number of aliphatic hydroxyl groups excluding tert-OH is 1. The van der Waals surface area contributed by atoms with Crippen LogP contribution in [0.5, 0.6) is 0 Å². The molecule has 0 aromatic heterocycles. The van der Waals surface area contributed by atoms with Gasteiger partial charge < -0.3 is 20.5 Å². The van der Waals surface area contributed by atoms with Gasteiger partial charge in [0.1, 0.15) is 0 Å². The van der Waals surface area contributed by atoms with Crippen LogP contribution in [0.1, 0.15) is 15.9 Å². The Morgan fingerprint density at radius 2 is 2.40 bits per heavy atom. The van der Waals surface area contributed by atoms with Crippen molar-refractivity contribution in [2.45, 2.75) is 6.10 Å². The Morgan fingerprint density at radius 1 is 1.55 bits per heavy atom. The summed E-state index contributed by atoms with van der Waals surface area (Å²) in [5, 5.41) is 9.11. The molecule has 5 nitrogen and oxygen atoms in total. The fourth-order valence-corrected chi connectivity index (χ4v) is 2.08. The van der Waals surface area contributed by atoms with E-state index in [-0.39, 0.29) is 18.6 Å². The molecule has 2 rings (SSSR count). The average molecular weight is 274 g/mol. The highest BCUT2D eigenvalue weighted by Gasteiger charge is 2.24. The highest BCUT2D eigenvalue weighted by atomic mass is 16.5. The van der Waals surface area contributed by atoms with Crippen LogP contribution in [0.2, 0.25) is 0 Å². The highest BCUT2D eigenvalue weighted by Crippen LogP contribution is 2.12. The van der Waals surface area contributed by atoms with Crippen molar-refractivity contribution in [2.24, 2.45) is 5.73 Å². The first-order valence-electron chi connectivity index (χ1n) is 6.55. The van der Waals surface area contributed by atoms with Gasteiger partial charge in [-0.05, 0) is 18.2 Å². The number of ether oxygens (including phenoxy) is 1. The van der Waals surface area contributed by atoms with Crippen molar-refractivity contribution in [1.29, 1.82) is 0 Å². The van der Waals surface area contributed by atoms with Gasteiger partial charge in [0.15, 0.2) is 0 Å². The van der Waals surface area contributed by atoms with Crippen LogP contribution in [-0.4, -0.2) is 54.9 Å². The maximum atomic E-state index is 12.4. The first-order valence-corrected chi connectivity index (χ1v) is 6.55. The second kappa shape index (κ2) is 7.06. The summed E-state index contributed by atoms with van der Waals surface area (Å²) in [7, 11) is 0. The van der Waals surface area contributed by atoms with Gasteiger partial charge in [0.2, 0.25) is 0 Å². The minimum Gasteiger partial charge on any atom is -0.394 e. The van der Waals surface area contributed by atoms with Gasteiger partial charge in [-0.15, -0.1) is 0 Å². The largest absolute Gasteiger partial charge is 0.394 e. The Bertz CT molecular complexity index is 533. The zero-order valence-electron chi connectivity index (χ0n) is 11.2. The molecule has 1 fully saturated rings. The summed E-state index contributed by atoms with van der Waals surface area (Å²) in [6.07, 6.45) is -0.298. The zero-order chi connectivity index (χ0) is 14.4. The van der Waals surface area contributed by atoms with E-state index in [0.717, 1.165) is 5.56 Å². The molecule has 1 atom stereocenters. The molecule has 1 aromatic carbocycles. The molecule has 5 heteroatoms. The van der Waals surface area contributed by atoms with Crippen LogP contribution in [0.4, 0.5) is 0 Å². The lowest BCUT2D eigenvalue weighted by atomic mass is 10.1. The molecule has 1 unspecified atom stereocenters. The molecule has 1 aliphatic heterocycles. The summed E-state index contributed by atoms with van der Waals surface area (Å²) >= 11 is 0. The van der Waals surface area contributed by atoms with Gasteiger partial charge in [-0.1, -0.05) is 17.9 Å². The number of carbonyl (C=O) groups excluding carboxylic acids is 1. The fourth-order valence-electron chi connectivity index (χ4n) is 2.08. The van der Waals surface area contributed by atoms with E-state index in [2.05, 4.69) is 11.8 Å². The monoisotopic (exact) mass is 274 g/mol. The summed E-state index contributed by atoms with van der Waals surface area (Å²) < 4.78 is 5.34. The third kappa shape index (κ3) is 3.58. The van der Waals surface area contributed by atoms with E-state index in [0.29, 0.717) is 31.8 Å². The molecule has 0 spiro atoms. The Morgan fingerprint density at radius 3 is 3.15 bits per heavy atom. The summed E-state index contributed by atoms with van der Waals surface area (Å²) in [5.41, 5.74) is 6.70. The van der Waals surface area contributed by atoms with E-state index in [4.69, 9.17) is 15.6 Å². The Kier molecular flexibility index (Phi) is 5.13. The lowest BCUT2D eigenvalue weighted by Gasteiger charge is -2.32. The van der Waals surface area contributed by atoms with Gasteiger partial charge in [-0.3, -0.25) is 4.79 Å². The normalized spacial score (nSPS) is 18.3. The van der Waals surface area contributed by atoms with E-state index in [1.165, 1.54) is 0 Å². The van der Waals surface area contributed by atoms with Crippen LogP contribution in [0.15, 0.2) is 24.3 Å². The van der Waals surface area contributed by atoms with E-state index in [1.807, 2.05) is 6.07 Å². The number of morpholine rings is 1. The average Bonchev–Trinajstić information content (AvgIpc) is 2.52. The molecule has 0 saturated carbocycles. The second-order valence-corrected chi connectivity index (χ2v) is 4.51. The summed E-state index contributed by atoms with van der Waals surface area (Å²) in [5.74, 6) is 5.61. The number of nitrogens with two attached hydrogens (primary N) is 1. The van der Waals surface area contributed by atoms with Gasteiger partial charge in [-0.25, -0.2) is 0 Å². The Labute approximate surface area is 118 Å². The molecular weight excluding hydrogens is 256 g/mol. The molecule has 3 N–H and O–H groups in total. The summed E-state index contributed by atoms with van der Waals surface area (Å²) in [6, 6.07) is 7.17. The fraction of sp³-hybridized carbons (Fsp3) is 0.400. The number of aliphatic hydroxyl groups is 1. The van der Waals surface area contributed by atoms with Crippen LogP contribution in [0, 0.1) is 11.8 Å². The van der Waals surface area contributed by atoms with Crippen molar-refractivity contribution >= 4 is 5.91 Å². The SMILES string of the molecule is NCC#Cc1cccc(C(=O)N2CCOC(CO)C2)c1. The molecule has 106 valence electrons. The Hall–Kier alpha value is -1.87. The lowest BCUT2D eigenvalue weighted by Crippen LogP contribution is -2.46. The molecular formula is C15H18N2O3. The maximum absolute atomic E-state index is 12.4. The standard InChI is InChI=1S/C15H18N2O3/c16-6-2-4-12-3-1-5-13(9-12)15(19)17-7-8-20-14(10-17)11-18/h1,3,5,9,14,18H,6-8,10-11,16H2. The van der Waals surface area contributed by atoms with Gasteiger partial charge in [0.25, 0.3) is 5.91 Å². The van der Waals surface area contributed by atoms with E-state index < -0.39 is 0 Å². The van der Waals surface area contributed by atoms with Gasteiger partial charge >= 0.3 is 0 Å². The van der Waals surface area contributed by atoms with E-state index >= 15 is 0 Å². The van der Waals surface area contributed by atoms with Crippen LogP contribution < -0.4 is 5.73 Å². The van der Waals surface area contributed by atoms with E-state index in [1.54, 1.807) is 23.1 Å². The van der Waals surface area contributed by atoms with Crippen molar-refractivity contribution in [3.8, 4) is 11.8 Å². The molecule has 0 radical (unpaired) electrons. The number of hydrogen-bond donors (Lipinski definition) is 2. The molecule has 1 aromatic rings. The number of nitrogens with zero attached hydrogens (tertiary/aromatic N) is 1. The first kappa shape index (κ1) is 14.5. The topological polar surface area (TPSA) is 75.8 Å². The number of carbonyl (C=O) groups is 1. The van der Waals surface area contributed by atoms with Crippen molar-refractivity contribution in [3.63, 3.8) is 0 Å². The third-order valence-corrected chi connectivity index (χ3v) is 3.07. The molecule has 20 heavy (non-hydrogen) atoms. The second-order valence-electron chi connectivity index (χ2n) is 4.51. The number of hydrogen-bond acceptors (Lipinski definition) is 4. The highest BCUT2D eigenvalue weighted by molar-refractivity contribution is 5.94. The van der Waals surface area contributed by atoms with Crippen molar-refractivity contribution in [3.05, 3.63) is 35.4 Å². The predicted molar refractivity (Wildman–Crippen MR) is 75.1 cm³/mol. The third-order valence-electron chi connectivity index (χ3n) is 3.07. The molecule has 1 aliphatic rings. The van der Waals surface area contributed by atoms with Crippen molar-refractivity contribution < 1.29 is 14.6 Å². The predicted octanol–water partition coefficient (Wildman–Crippen LogP) is -0.170. The smallest absolute Gasteiger partial charge is 0.254 e. The molecule has 0 bridgehead atoms. The van der Waals surface area contributed by atoms with Gasteiger partial charge in [0, 0.05) is 24.2 Å². The number of rotatable bonds is 2. The van der Waals surface area contributed by atoms with Crippen molar-refractivity contribution in [1.82, 2.24) is 4.90 Å². The molecule has 0 aliphatic carbocycles. The van der Waals surface area contributed by atoms with E-state index in [9.17, 15) is 4.79 Å². The Balaban J connectivity index is 2.12. The van der Waals surface area contributed by atoms with Crippen LogP contribution in [0.3, 0.4) is 0 Å². The quantitative estimate of drug-likeness (QED) is 0.734. The lowest BCUT2D eigenvalue weighted by molar-refractivity contribution is -0.0447. The number of benzene rings is 1. The minimum atomic E-state index is -0.298. The van der Waals surface area contributed by atoms with Crippen LogP contribution in [-0.2, 0) is 4.74 Å². The zero-order valence-corrected chi connectivity index (χ0v) is 11.2. The summed E-state index contributed by atoms with van der Waals surface area (Å²) in [6.45, 7) is 1.61. The first-order chi connectivity index (χ1) is 9.74. The minimum absolute atomic E-state index is 0.0665. The van der Waals surface area contributed by atoms with Gasteiger partial charge in [0.05, 0.1) is 25.9 Å². The molecule has 1 amide bonds. The molecule has 1 saturated heterocycles. The summed E-state index contributed by atoms with van der Waals surface area (Å²) in [4.78, 5) is 14.1. The van der Waals surface area contributed by atoms with Gasteiger partial charge in [-0.2, -0.15) is 0 Å². The van der Waals surface area contributed by atoms with Crippen LogP contribution >= 0.6 is 0 Å².